The molecule has 1 saturated carbocycles. The molecule has 6 heteroatoms. The summed E-state index contributed by atoms with van der Waals surface area (Å²) in [5.41, 5.74) is 0.813. The molecule has 2 aliphatic heterocycles. The third-order valence-electron chi connectivity index (χ3n) is 5.33. The molecular weight excluding hydrogens is 292 g/mol. The van der Waals surface area contributed by atoms with Crippen LogP contribution < -0.4 is 9.47 Å². The number of likely N-dealkylation sites (N-methyl/N-ethyl adjacent to an activating group) is 1. The highest BCUT2D eigenvalue weighted by Gasteiger charge is 2.51. The number of hydrogen-bond acceptors (Lipinski definition) is 4. The molecule has 0 N–H and O–H groups in total. The van der Waals surface area contributed by atoms with Gasteiger partial charge in [0.15, 0.2) is 11.5 Å². The lowest BCUT2D eigenvalue weighted by molar-refractivity contribution is -0.286. The van der Waals surface area contributed by atoms with Crippen LogP contribution in [0.1, 0.15) is 31.2 Å². The van der Waals surface area contributed by atoms with Gasteiger partial charge in [-0.15, -0.1) is 8.78 Å². The number of nitrogens with zero attached hydrogens (tertiary/aromatic N) is 1. The van der Waals surface area contributed by atoms with Crippen molar-refractivity contribution in [1.29, 1.82) is 0 Å². The van der Waals surface area contributed by atoms with Crippen LogP contribution >= 0.6 is 0 Å². The van der Waals surface area contributed by atoms with Gasteiger partial charge in [0.05, 0.1) is 0 Å². The Kier molecular flexibility index (Phi) is 2.79. The number of fused-ring (bicyclic) bond motifs is 2. The highest BCUT2D eigenvalue weighted by molar-refractivity contribution is 5.81. The maximum Gasteiger partial charge on any atom is 0.586 e. The molecule has 4 rings (SSSR count). The SMILES string of the molecule is CN1CC[C@]2(c3ccc4c(c3)OC(F)(F)O4)CCC(=O)CC12. The Hall–Kier alpha value is -1.69. The number of carbonyl (C=O) groups excluding carboxylic acids is 1. The van der Waals surface area contributed by atoms with E-state index in [4.69, 9.17) is 0 Å². The molecule has 1 unspecified atom stereocenters. The number of ketones is 1. The number of Topliss-reactive ketones (excluding diaryl/α,β-unsaturated/α-hetero) is 1. The highest BCUT2D eigenvalue weighted by atomic mass is 19.3. The van der Waals surface area contributed by atoms with Gasteiger partial charge in [-0.25, -0.2) is 0 Å². The Morgan fingerprint density at radius 1 is 1.23 bits per heavy atom. The van der Waals surface area contributed by atoms with Crippen molar-refractivity contribution in [2.45, 2.75) is 43.4 Å². The van der Waals surface area contributed by atoms with E-state index in [-0.39, 0.29) is 28.7 Å². The Bertz CT molecular complexity index is 648. The molecule has 2 atom stereocenters. The quantitative estimate of drug-likeness (QED) is 0.799. The smallest absolute Gasteiger partial charge is 0.395 e. The van der Waals surface area contributed by atoms with Gasteiger partial charge >= 0.3 is 6.29 Å². The van der Waals surface area contributed by atoms with E-state index in [1.165, 1.54) is 0 Å². The third kappa shape index (κ3) is 1.93. The standard InChI is InChI=1S/C16H17F2NO3/c1-19-7-6-15(5-4-11(20)9-14(15)19)10-2-3-12-13(8-10)22-16(17,18)21-12/h2-3,8,14H,4-7,9H2,1H3/t14?,15-/m0/s1. The van der Waals surface area contributed by atoms with Gasteiger partial charge in [-0.1, -0.05) is 6.07 Å². The highest BCUT2D eigenvalue weighted by Crippen LogP contribution is 2.50. The minimum atomic E-state index is -3.59. The fourth-order valence-corrected chi connectivity index (χ4v) is 4.18. The van der Waals surface area contributed by atoms with E-state index in [1.807, 2.05) is 13.1 Å². The lowest BCUT2D eigenvalue weighted by atomic mass is 9.66. The number of carbonyl (C=O) groups is 1. The van der Waals surface area contributed by atoms with Crippen molar-refractivity contribution in [3.05, 3.63) is 23.8 Å². The zero-order valence-corrected chi connectivity index (χ0v) is 12.3. The number of ether oxygens (including phenoxy) is 2. The first kappa shape index (κ1) is 13.9. The first-order valence-corrected chi connectivity index (χ1v) is 7.52. The van der Waals surface area contributed by atoms with E-state index in [0.29, 0.717) is 12.8 Å². The molecule has 118 valence electrons. The van der Waals surface area contributed by atoms with Crippen molar-refractivity contribution in [2.75, 3.05) is 13.6 Å². The van der Waals surface area contributed by atoms with E-state index in [0.717, 1.165) is 24.9 Å². The number of alkyl halides is 2. The van der Waals surface area contributed by atoms with Crippen LogP contribution in [-0.2, 0) is 10.2 Å². The number of hydrogen-bond donors (Lipinski definition) is 0. The molecule has 1 aromatic carbocycles. The zero-order valence-electron chi connectivity index (χ0n) is 12.3. The summed E-state index contributed by atoms with van der Waals surface area (Å²) in [5.74, 6) is 0.434. The van der Waals surface area contributed by atoms with E-state index in [1.54, 1.807) is 12.1 Å². The van der Waals surface area contributed by atoms with Crippen molar-refractivity contribution in [1.82, 2.24) is 4.90 Å². The maximum absolute atomic E-state index is 13.2. The summed E-state index contributed by atoms with van der Waals surface area (Å²) >= 11 is 0. The predicted molar refractivity (Wildman–Crippen MR) is 74.2 cm³/mol. The number of rotatable bonds is 1. The van der Waals surface area contributed by atoms with Crippen LogP contribution in [0.25, 0.3) is 0 Å². The largest absolute Gasteiger partial charge is 0.586 e. The Morgan fingerprint density at radius 3 is 2.82 bits per heavy atom. The minimum absolute atomic E-state index is 0.0694. The molecule has 3 aliphatic rings. The summed E-state index contributed by atoms with van der Waals surface area (Å²) in [6, 6.07) is 5.19. The maximum atomic E-state index is 13.2. The predicted octanol–water partition coefficient (Wildman–Crippen LogP) is 2.70. The summed E-state index contributed by atoms with van der Waals surface area (Å²) in [6.07, 6.45) is -0.822. The Balaban J connectivity index is 1.74. The minimum Gasteiger partial charge on any atom is -0.395 e. The average molecular weight is 309 g/mol. The number of likely N-dealkylation sites (tertiary alicyclic amines) is 1. The molecule has 1 saturated heterocycles. The zero-order chi connectivity index (χ0) is 15.5. The van der Waals surface area contributed by atoms with Gasteiger partial charge in [0.2, 0.25) is 0 Å². The number of halogens is 2. The van der Waals surface area contributed by atoms with Gasteiger partial charge in [-0.2, -0.15) is 0 Å². The summed E-state index contributed by atoms with van der Waals surface area (Å²) in [7, 11) is 2.02. The van der Waals surface area contributed by atoms with Gasteiger partial charge in [0.25, 0.3) is 0 Å². The molecule has 1 aromatic rings. The topological polar surface area (TPSA) is 38.8 Å². The summed E-state index contributed by atoms with van der Waals surface area (Å²) in [4.78, 5) is 14.0. The molecular formula is C16H17F2NO3. The molecule has 2 heterocycles. The van der Waals surface area contributed by atoms with E-state index >= 15 is 0 Å². The number of benzene rings is 1. The van der Waals surface area contributed by atoms with E-state index in [9.17, 15) is 13.6 Å². The van der Waals surface area contributed by atoms with Crippen molar-refractivity contribution in [2.24, 2.45) is 0 Å². The van der Waals surface area contributed by atoms with Crippen LogP contribution in [0.2, 0.25) is 0 Å². The third-order valence-corrected chi connectivity index (χ3v) is 5.33. The fraction of sp³-hybridized carbons (Fsp3) is 0.562. The first-order chi connectivity index (χ1) is 10.4. The van der Waals surface area contributed by atoms with Gasteiger partial charge < -0.3 is 14.4 Å². The van der Waals surface area contributed by atoms with E-state index < -0.39 is 6.29 Å². The van der Waals surface area contributed by atoms with Crippen molar-refractivity contribution >= 4 is 5.78 Å². The lowest BCUT2D eigenvalue weighted by Gasteiger charge is -2.41. The second-order valence-corrected chi connectivity index (χ2v) is 6.47. The summed E-state index contributed by atoms with van der Waals surface area (Å²) in [6.45, 7) is 0.905. The van der Waals surface area contributed by atoms with Crippen LogP contribution in [0.4, 0.5) is 8.78 Å². The van der Waals surface area contributed by atoms with Crippen molar-refractivity contribution in [3.8, 4) is 11.5 Å². The molecule has 4 nitrogen and oxygen atoms in total. The molecule has 0 spiro atoms. The van der Waals surface area contributed by atoms with E-state index in [2.05, 4.69) is 14.4 Å². The Labute approximate surface area is 127 Å². The lowest BCUT2D eigenvalue weighted by Crippen LogP contribution is -2.46. The molecule has 22 heavy (non-hydrogen) atoms. The first-order valence-electron chi connectivity index (χ1n) is 7.52. The second-order valence-electron chi connectivity index (χ2n) is 6.47. The van der Waals surface area contributed by atoms with Gasteiger partial charge in [0, 0.05) is 24.3 Å². The van der Waals surface area contributed by atoms with Gasteiger partial charge in [-0.3, -0.25) is 4.79 Å². The van der Waals surface area contributed by atoms with Crippen LogP contribution in [0.5, 0.6) is 11.5 Å². The van der Waals surface area contributed by atoms with Crippen LogP contribution in [0.15, 0.2) is 18.2 Å². The normalized spacial score (nSPS) is 33.0. The van der Waals surface area contributed by atoms with Gasteiger partial charge in [0.1, 0.15) is 5.78 Å². The van der Waals surface area contributed by atoms with Crippen LogP contribution in [0.3, 0.4) is 0 Å². The monoisotopic (exact) mass is 309 g/mol. The summed E-state index contributed by atoms with van der Waals surface area (Å²) < 4.78 is 35.4. The Morgan fingerprint density at radius 2 is 2.00 bits per heavy atom. The van der Waals surface area contributed by atoms with Crippen molar-refractivity contribution in [3.63, 3.8) is 0 Å². The van der Waals surface area contributed by atoms with Crippen LogP contribution in [-0.4, -0.2) is 36.6 Å². The average Bonchev–Trinajstić information content (AvgIpc) is 2.95. The second kappa shape index (κ2) is 4.41. The molecule has 1 aliphatic carbocycles. The molecule has 0 amide bonds. The fourth-order valence-electron chi connectivity index (χ4n) is 4.18. The molecule has 0 radical (unpaired) electrons. The molecule has 2 fully saturated rings. The van der Waals surface area contributed by atoms with Crippen LogP contribution in [0, 0.1) is 0 Å². The van der Waals surface area contributed by atoms with Gasteiger partial charge in [-0.05, 0) is 44.1 Å². The molecule has 0 aromatic heterocycles. The van der Waals surface area contributed by atoms with Crippen molar-refractivity contribution < 1.29 is 23.0 Å². The molecule has 0 bridgehead atoms. The summed E-state index contributed by atoms with van der Waals surface area (Å²) in [5, 5.41) is 0.